The second-order valence-corrected chi connectivity index (χ2v) is 11.5. The summed E-state index contributed by atoms with van der Waals surface area (Å²) in [5.41, 5.74) is 9.18. The van der Waals surface area contributed by atoms with Gasteiger partial charge in [-0.05, 0) is 81.7 Å². The number of fused-ring (bicyclic) bond motifs is 5. The van der Waals surface area contributed by atoms with Crippen molar-refractivity contribution < 1.29 is 4.42 Å². The molecule has 0 N–H and O–H groups in total. The van der Waals surface area contributed by atoms with Gasteiger partial charge in [-0.3, -0.25) is 0 Å². The van der Waals surface area contributed by atoms with Crippen LogP contribution in [0.1, 0.15) is 12.5 Å². The lowest BCUT2D eigenvalue weighted by atomic mass is 9.99. The number of allylic oxidation sites excluding steroid dienone is 1. The van der Waals surface area contributed by atoms with Gasteiger partial charge in [-0.15, -0.1) is 0 Å². The van der Waals surface area contributed by atoms with Crippen molar-refractivity contribution in [3.8, 4) is 56.4 Å². The van der Waals surface area contributed by atoms with Gasteiger partial charge < -0.3 is 4.42 Å². The highest BCUT2D eigenvalue weighted by Gasteiger charge is 2.24. The standard InChI is InChI=1S/C41H26N4O/c1-3-10-33-37-32(17-9-18-35(37)46-41(33)42-2)40-44-38(27-20-19-24-11-4-5-12-25(24)21-27)43-39(45-40)28-22-26-13-8-16-31-29-14-6-7-15-30(29)34(23-28)36(26)31/h3-23H,2H2,1H3/b10-3-. The summed E-state index contributed by atoms with van der Waals surface area (Å²) < 4.78 is 6.11. The van der Waals surface area contributed by atoms with Crippen molar-refractivity contribution in [1.82, 2.24) is 15.0 Å². The molecule has 5 heteroatoms. The van der Waals surface area contributed by atoms with Gasteiger partial charge in [-0.2, -0.15) is 0 Å². The maximum atomic E-state index is 6.11. The summed E-state index contributed by atoms with van der Waals surface area (Å²) >= 11 is 0. The van der Waals surface area contributed by atoms with E-state index in [1.54, 1.807) is 0 Å². The van der Waals surface area contributed by atoms with Crippen molar-refractivity contribution in [2.45, 2.75) is 6.92 Å². The van der Waals surface area contributed by atoms with Crippen LogP contribution in [0.4, 0.5) is 5.88 Å². The van der Waals surface area contributed by atoms with Crippen molar-refractivity contribution in [2.24, 2.45) is 4.99 Å². The summed E-state index contributed by atoms with van der Waals surface area (Å²) in [4.78, 5) is 19.6. The van der Waals surface area contributed by atoms with Crippen molar-refractivity contribution in [2.75, 3.05) is 0 Å². The number of benzene rings is 6. The predicted octanol–water partition coefficient (Wildman–Crippen LogP) is 10.9. The van der Waals surface area contributed by atoms with E-state index in [0.717, 1.165) is 43.8 Å². The molecular formula is C41H26N4O. The Hall–Kier alpha value is -6.20. The van der Waals surface area contributed by atoms with Gasteiger partial charge in [-0.1, -0.05) is 103 Å². The van der Waals surface area contributed by atoms with E-state index < -0.39 is 0 Å². The highest BCUT2D eigenvalue weighted by Crippen LogP contribution is 2.48. The van der Waals surface area contributed by atoms with Crippen LogP contribution >= 0.6 is 0 Å². The largest absolute Gasteiger partial charge is 0.438 e. The Labute approximate surface area is 265 Å². The van der Waals surface area contributed by atoms with Crippen molar-refractivity contribution in [3.05, 3.63) is 127 Å². The zero-order valence-corrected chi connectivity index (χ0v) is 25.0. The lowest BCUT2D eigenvalue weighted by molar-refractivity contribution is 0.626. The topological polar surface area (TPSA) is 64.2 Å². The Kier molecular flexibility index (Phi) is 5.80. The molecule has 0 spiro atoms. The van der Waals surface area contributed by atoms with E-state index >= 15 is 0 Å². The maximum Gasteiger partial charge on any atom is 0.226 e. The number of nitrogens with zero attached hydrogens (tertiary/aromatic N) is 4. The molecule has 8 aromatic rings. The van der Waals surface area contributed by atoms with Gasteiger partial charge in [-0.25, -0.2) is 19.9 Å². The van der Waals surface area contributed by atoms with Crippen LogP contribution in [0.3, 0.4) is 0 Å². The zero-order chi connectivity index (χ0) is 30.8. The number of furan rings is 1. The van der Waals surface area contributed by atoms with E-state index in [4.69, 9.17) is 19.4 Å². The highest BCUT2D eigenvalue weighted by molar-refractivity contribution is 6.16. The average Bonchev–Trinajstić information content (AvgIpc) is 3.64. The first kappa shape index (κ1) is 26.2. The molecular weight excluding hydrogens is 564 g/mol. The molecule has 0 unspecified atom stereocenters. The van der Waals surface area contributed by atoms with Crippen LogP contribution in [-0.2, 0) is 0 Å². The molecule has 0 saturated heterocycles. The minimum Gasteiger partial charge on any atom is -0.438 e. The molecule has 5 nitrogen and oxygen atoms in total. The van der Waals surface area contributed by atoms with Crippen LogP contribution in [0.5, 0.6) is 0 Å². The third kappa shape index (κ3) is 3.95. The molecule has 1 aliphatic rings. The normalized spacial score (nSPS) is 12.0. The van der Waals surface area contributed by atoms with E-state index in [1.807, 2.05) is 43.3 Å². The van der Waals surface area contributed by atoms with Crippen LogP contribution in [-0.4, -0.2) is 21.7 Å². The number of hydrogen-bond acceptors (Lipinski definition) is 5. The summed E-state index contributed by atoms with van der Waals surface area (Å²) in [6.07, 6.45) is 3.96. The molecule has 2 heterocycles. The average molecular weight is 591 g/mol. The number of aliphatic imine (C=N–C) groups is 1. The Balaban J connectivity index is 1.33. The van der Waals surface area contributed by atoms with Crippen LogP contribution in [0.2, 0.25) is 0 Å². The molecule has 1 aliphatic carbocycles. The van der Waals surface area contributed by atoms with Crippen molar-refractivity contribution in [1.29, 1.82) is 0 Å². The lowest BCUT2D eigenvalue weighted by Gasteiger charge is -2.11. The smallest absolute Gasteiger partial charge is 0.226 e. The Morgan fingerprint density at radius 1 is 0.565 bits per heavy atom. The fraction of sp³-hybridized carbons (Fsp3) is 0.0244. The third-order valence-electron chi connectivity index (χ3n) is 8.84. The molecule has 0 radical (unpaired) electrons. The van der Waals surface area contributed by atoms with E-state index in [9.17, 15) is 0 Å². The summed E-state index contributed by atoms with van der Waals surface area (Å²) in [7, 11) is 0. The second-order valence-electron chi connectivity index (χ2n) is 11.5. The first-order valence-corrected chi connectivity index (χ1v) is 15.3. The lowest BCUT2D eigenvalue weighted by Crippen LogP contribution is -2.01. The minimum atomic E-state index is 0.469. The SMILES string of the molecule is C=Nc1oc2cccc(-c3nc(-c4ccc5ccccc5c4)nc(-c4cc5c6c(cccc6c4)-c4ccccc4-5)n3)c2c1/C=C\C. The summed E-state index contributed by atoms with van der Waals surface area (Å²) in [5.74, 6) is 2.24. The van der Waals surface area contributed by atoms with E-state index in [0.29, 0.717) is 28.9 Å². The Morgan fingerprint density at radius 2 is 1.22 bits per heavy atom. The highest BCUT2D eigenvalue weighted by atomic mass is 16.3. The number of aromatic nitrogens is 3. The molecule has 9 rings (SSSR count). The Morgan fingerprint density at radius 3 is 2.04 bits per heavy atom. The van der Waals surface area contributed by atoms with E-state index in [-0.39, 0.29) is 0 Å². The first-order valence-electron chi connectivity index (χ1n) is 15.3. The number of hydrogen-bond donors (Lipinski definition) is 0. The molecule has 46 heavy (non-hydrogen) atoms. The van der Waals surface area contributed by atoms with Gasteiger partial charge >= 0.3 is 0 Å². The van der Waals surface area contributed by atoms with Gasteiger partial charge in [0.15, 0.2) is 17.5 Å². The molecule has 216 valence electrons. The second kappa shape index (κ2) is 10.2. The predicted molar refractivity (Wildman–Crippen MR) is 189 cm³/mol. The molecule has 6 aromatic carbocycles. The molecule has 0 bridgehead atoms. The van der Waals surface area contributed by atoms with Gasteiger partial charge in [0.25, 0.3) is 0 Å². The molecule has 0 amide bonds. The summed E-state index contributed by atoms with van der Waals surface area (Å²) in [6.45, 7) is 5.72. The van der Waals surface area contributed by atoms with Gasteiger partial charge in [0, 0.05) is 27.6 Å². The van der Waals surface area contributed by atoms with E-state index in [2.05, 4.69) is 103 Å². The first-order chi connectivity index (χ1) is 22.7. The van der Waals surface area contributed by atoms with Gasteiger partial charge in [0.05, 0.1) is 0 Å². The third-order valence-corrected chi connectivity index (χ3v) is 8.84. The van der Waals surface area contributed by atoms with Gasteiger partial charge in [0.2, 0.25) is 5.88 Å². The van der Waals surface area contributed by atoms with Crippen molar-refractivity contribution >= 4 is 51.2 Å². The summed E-state index contributed by atoms with van der Waals surface area (Å²) in [5, 5.41) is 5.60. The fourth-order valence-electron chi connectivity index (χ4n) is 6.81. The van der Waals surface area contributed by atoms with Crippen LogP contribution < -0.4 is 0 Å². The molecule has 0 aliphatic heterocycles. The quantitative estimate of drug-likeness (QED) is 0.187. The zero-order valence-electron chi connectivity index (χ0n) is 25.0. The molecule has 0 fully saturated rings. The fourth-order valence-corrected chi connectivity index (χ4v) is 6.81. The summed E-state index contributed by atoms with van der Waals surface area (Å²) in [6, 6.07) is 40.1. The molecule has 2 aromatic heterocycles. The van der Waals surface area contributed by atoms with Crippen molar-refractivity contribution in [3.63, 3.8) is 0 Å². The van der Waals surface area contributed by atoms with Crippen LogP contribution in [0.25, 0.3) is 95.0 Å². The Bertz CT molecular complexity index is 2580. The van der Waals surface area contributed by atoms with E-state index in [1.165, 1.54) is 27.6 Å². The van der Waals surface area contributed by atoms with Gasteiger partial charge in [0.1, 0.15) is 5.58 Å². The van der Waals surface area contributed by atoms with Crippen LogP contribution in [0.15, 0.2) is 131 Å². The van der Waals surface area contributed by atoms with Crippen LogP contribution in [0, 0.1) is 0 Å². The minimum absolute atomic E-state index is 0.469. The molecule has 0 atom stereocenters. The molecule has 0 saturated carbocycles. The number of rotatable bonds is 5. The maximum absolute atomic E-state index is 6.11. The monoisotopic (exact) mass is 590 g/mol.